The number of aromatic nitrogens is 2. The average molecular weight is 202 g/mol. The highest BCUT2D eigenvalue weighted by Crippen LogP contribution is 2.24. The van der Waals surface area contributed by atoms with Gasteiger partial charge in [-0.25, -0.2) is 4.98 Å². The van der Waals surface area contributed by atoms with Gasteiger partial charge in [-0.2, -0.15) is 4.37 Å². The molecule has 1 unspecified atom stereocenters. The predicted molar refractivity (Wildman–Crippen MR) is 50.5 cm³/mol. The quantitative estimate of drug-likeness (QED) is 0.700. The topological polar surface area (TPSA) is 42.9 Å². The van der Waals surface area contributed by atoms with Crippen LogP contribution in [0, 0.1) is 0 Å². The Hall–Kier alpha value is -0.420. The summed E-state index contributed by atoms with van der Waals surface area (Å²) in [6, 6.07) is 0. The third-order valence-electron chi connectivity index (χ3n) is 1.42. The van der Waals surface area contributed by atoms with Crippen LogP contribution >= 0.6 is 23.3 Å². The van der Waals surface area contributed by atoms with E-state index >= 15 is 0 Å². The van der Waals surface area contributed by atoms with E-state index in [1.807, 2.05) is 13.8 Å². The normalized spacial score (nSPS) is 12.8. The summed E-state index contributed by atoms with van der Waals surface area (Å²) in [4.78, 5) is 15.2. The van der Waals surface area contributed by atoms with Crippen LogP contribution in [0.3, 0.4) is 0 Å². The van der Waals surface area contributed by atoms with E-state index in [4.69, 9.17) is 0 Å². The maximum Gasteiger partial charge on any atom is 0.170 e. The Bertz CT molecular complexity index is 248. The number of nitrogens with zero attached hydrogens (tertiary/aromatic N) is 2. The molecule has 1 rings (SSSR count). The van der Waals surface area contributed by atoms with Crippen LogP contribution in [0.1, 0.15) is 20.3 Å². The van der Waals surface area contributed by atoms with Gasteiger partial charge in [-0.15, -0.1) is 0 Å². The number of carbonyl (C=O) groups is 1. The van der Waals surface area contributed by atoms with Crippen LogP contribution in [0.5, 0.6) is 0 Å². The third-order valence-corrected chi connectivity index (χ3v) is 3.32. The SMILES string of the molecule is CCC(=O)C(C)Sc1ncns1. The largest absolute Gasteiger partial charge is 0.298 e. The summed E-state index contributed by atoms with van der Waals surface area (Å²) in [5, 5.41) is 0.00273. The van der Waals surface area contributed by atoms with Gasteiger partial charge in [-0.3, -0.25) is 4.79 Å². The van der Waals surface area contributed by atoms with Crippen molar-refractivity contribution in [2.75, 3.05) is 0 Å². The van der Waals surface area contributed by atoms with Crippen LogP contribution in [0.15, 0.2) is 10.7 Å². The summed E-state index contributed by atoms with van der Waals surface area (Å²) in [5.74, 6) is 0.259. The summed E-state index contributed by atoms with van der Waals surface area (Å²) in [6.45, 7) is 3.78. The minimum atomic E-state index is 0.00273. The number of ketones is 1. The zero-order chi connectivity index (χ0) is 8.97. The van der Waals surface area contributed by atoms with Gasteiger partial charge in [-0.05, 0) is 18.5 Å². The van der Waals surface area contributed by atoms with Crippen molar-refractivity contribution >= 4 is 29.1 Å². The van der Waals surface area contributed by atoms with Gasteiger partial charge >= 0.3 is 0 Å². The van der Waals surface area contributed by atoms with Crippen LogP contribution < -0.4 is 0 Å². The molecule has 0 aliphatic carbocycles. The summed E-state index contributed by atoms with van der Waals surface area (Å²) >= 11 is 2.81. The molecule has 1 heterocycles. The summed E-state index contributed by atoms with van der Waals surface area (Å²) in [7, 11) is 0. The molecule has 0 N–H and O–H groups in total. The Balaban J connectivity index is 2.47. The van der Waals surface area contributed by atoms with E-state index in [-0.39, 0.29) is 11.0 Å². The molecule has 1 aromatic rings. The minimum absolute atomic E-state index is 0.00273. The molecule has 1 atom stereocenters. The van der Waals surface area contributed by atoms with Crippen molar-refractivity contribution in [3.63, 3.8) is 0 Å². The predicted octanol–water partition coefficient (Wildman–Crippen LogP) is 2.00. The first-order chi connectivity index (χ1) is 5.74. The fourth-order valence-electron chi connectivity index (χ4n) is 0.719. The Kier molecular flexibility index (Phi) is 3.68. The Labute approximate surface area is 79.8 Å². The lowest BCUT2D eigenvalue weighted by Gasteiger charge is -2.04. The van der Waals surface area contributed by atoms with E-state index in [0.717, 1.165) is 4.34 Å². The molecule has 0 spiro atoms. The van der Waals surface area contributed by atoms with Crippen molar-refractivity contribution in [3.05, 3.63) is 6.33 Å². The van der Waals surface area contributed by atoms with Gasteiger partial charge in [0.1, 0.15) is 12.1 Å². The van der Waals surface area contributed by atoms with E-state index < -0.39 is 0 Å². The monoisotopic (exact) mass is 202 g/mol. The van der Waals surface area contributed by atoms with Gasteiger partial charge < -0.3 is 0 Å². The standard InChI is InChI=1S/C7H10N2OS2/c1-3-6(10)5(2)11-7-8-4-9-12-7/h4-5H,3H2,1-2H3. The van der Waals surface area contributed by atoms with Crippen molar-refractivity contribution in [1.82, 2.24) is 9.36 Å². The summed E-state index contributed by atoms with van der Waals surface area (Å²) in [6.07, 6.45) is 2.10. The van der Waals surface area contributed by atoms with Gasteiger partial charge in [0.2, 0.25) is 0 Å². The molecule has 0 aliphatic rings. The second kappa shape index (κ2) is 4.57. The first-order valence-electron chi connectivity index (χ1n) is 3.70. The van der Waals surface area contributed by atoms with Crippen LogP contribution in [0.2, 0.25) is 0 Å². The highest BCUT2D eigenvalue weighted by molar-refractivity contribution is 8.02. The molecule has 0 radical (unpaired) electrons. The Morgan fingerprint density at radius 3 is 3.08 bits per heavy atom. The van der Waals surface area contributed by atoms with Crippen molar-refractivity contribution in [3.8, 4) is 0 Å². The number of rotatable bonds is 4. The average Bonchev–Trinajstić information content (AvgIpc) is 2.55. The lowest BCUT2D eigenvalue weighted by molar-refractivity contribution is -0.117. The Morgan fingerprint density at radius 2 is 2.58 bits per heavy atom. The van der Waals surface area contributed by atoms with Gasteiger partial charge in [-0.1, -0.05) is 18.7 Å². The lowest BCUT2D eigenvalue weighted by Crippen LogP contribution is -2.10. The fraction of sp³-hybridized carbons (Fsp3) is 0.571. The molecule has 1 aromatic heterocycles. The van der Waals surface area contributed by atoms with Crippen molar-refractivity contribution in [2.45, 2.75) is 29.9 Å². The van der Waals surface area contributed by atoms with Gasteiger partial charge in [0, 0.05) is 6.42 Å². The molecular formula is C7H10N2OS2. The maximum atomic E-state index is 11.2. The second-order valence-corrected chi connectivity index (χ2v) is 4.66. The second-order valence-electron chi connectivity index (χ2n) is 2.29. The minimum Gasteiger partial charge on any atom is -0.298 e. The summed E-state index contributed by atoms with van der Waals surface area (Å²) in [5.41, 5.74) is 0. The Morgan fingerprint density at radius 1 is 1.83 bits per heavy atom. The molecule has 12 heavy (non-hydrogen) atoms. The molecule has 5 heteroatoms. The van der Waals surface area contributed by atoms with Crippen LogP contribution in [-0.2, 0) is 4.79 Å². The molecule has 3 nitrogen and oxygen atoms in total. The summed E-state index contributed by atoms with van der Waals surface area (Å²) < 4.78 is 4.72. The molecule has 0 bridgehead atoms. The smallest absolute Gasteiger partial charge is 0.170 e. The van der Waals surface area contributed by atoms with E-state index in [2.05, 4.69) is 9.36 Å². The van der Waals surface area contributed by atoms with Gasteiger partial charge in [0.05, 0.1) is 5.25 Å². The van der Waals surface area contributed by atoms with Gasteiger partial charge in [0.25, 0.3) is 0 Å². The first-order valence-corrected chi connectivity index (χ1v) is 5.35. The molecule has 0 fully saturated rings. The number of hydrogen-bond donors (Lipinski definition) is 0. The van der Waals surface area contributed by atoms with Crippen LogP contribution in [0.25, 0.3) is 0 Å². The zero-order valence-electron chi connectivity index (χ0n) is 6.98. The van der Waals surface area contributed by atoms with Crippen molar-refractivity contribution in [1.29, 1.82) is 0 Å². The van der Waals surface area contributed by atoms with Crippen molar-refractivity contribution in [2.24, 2.45) is 0 Å². The highest BCUT2D eigenvalue weighted by Gasteiger charge is 2.13. The van der Waals surface area contributed by atoms with Gasteiger partial charge in [0.15, 0.2) is 4.34 Å². The number of carbonyl (C=O) groups excluding carboxylic acids is 1. The number of hydrogen-bond acceptors (Lipinski definition) is 5. The molecule has 0 saturated heterocycles. The fourth-order valence-corrected chi connectivity index (χ4v) is 2.44. The van der Waals surface area contributed by atoms with Crippen LogP contribution in [0.4, 0.5) is 0 Å². The molecule has 0 saturated carbocycles. The number of Topliss-reactive ketones (excluding diaryl/α,β-unsaturated/α-hetero) is 1. The first kappa shape index (κ1) is 9.67. The van der Waals surface area contributed by atoms with E-state index in [0.29, 0.717) is 6.42 Å². The zero-order valence-corrected chi connectivity index (χ0v) is 8.61. The maximum absolute atomic E-state index is 11.2. The molecule has 0 aromatic carbocycles. The van der Waals surface area contributed by atoms with E-state index in [9.17, 15) is 4.79 Å². The molecule has 0 aliphatic heterocycles. The third kappa shape index (κ3) is 2.57. The highest BCUT2D eigenvalue weighted by atomic mass is 32.2. The van der Waals surface area contributed by atoms with Crippen LogP contribution in [-0.4, -0.2) is 20.4 Å². The number of thioether (sulfide) groups is 1. The molecule has 66 valence electrons. The lowest BCUT2D eigenvalue weighted by atomic mass is 10.2. The van der Waals surface area contributed by atoms with E-state index in [1.54, 1.807) is 0 Å². The van der Waals surface area contributed by atoms with Crippen molar-refractivity contribution < 1.29 is 4.79 Å². The van der Waals surface area contributed by atoms with E-state index in [1.165, 1.54) is 29.6 Å². The molecule has 0 amide bonds. The molecular weight excluding hydrogens is 192 g/mol.